The van der Waals surface area contributed by atoms with Crippen molar-refractivity contribution in [3.63, 3.8) is 0 Å². The monoisotopic (exact) mass is 806 g/mol. The molecule has 298 valence electrons. The highest BCUT2D eigenvalue weighted by Crippen LogP contribution is 2.43. The summed E-state index contributed by atoms with van der Waals surface area (Å²) in [6, 6.07) is 90.3. The van der Waals surface area contributed by atoms with E-state index in [1.165, 1.54) is 22.3 Å². The van der Waals surface area contributed by atoms with Crippen molar-refractivity contribution in [2.75, 3.05) is 9.80 Å². The van der Waals surface area contributed by atoms with Crippen LogP contribution >= 0.6 is 0 Å². The summed E-state index contributed by atoms with van der Waals surface area (Å²) in [4.78, 5) is 4.61. The molecule has 0 fully saturated rings. The van der Waals surface area contributed by atoms with Gasteiger partial charge in [0, 0.05) is 56.0 Å². The third-order valence-electron chi connectivity index (χ3n) is 11.9. The lowest BCUT2D eigenvalue weighted by atomic mass is 9.99. The molecule has 0 atom stereocenters. The van der Waals surface area contributed by atoms with Crippen LogP contribution in [0.2, 0.25) is 0 Å². The number of hydrogen-bond acceptors (Lipinski definition) is 3. The highest BCUT2D eigenvalue weighted by molar-refractivity contribution is 6.13. The van der Waals surface area contributed by atoms with Gasteiger partial charge in [-0.3, -0.25) is 0 Å². The predicted octanol–water partition coefficient (Wildman–Crippen LogP) is 17.2. The van der Waals surface area contributed by atoms with Gasteiger partial charge >= 0.3 is 0 Å². The van der Waals surface area contributed by atoms with Crippen molar-refractivity contribution in [1.82, 2.24) is 0 Å². The van der Waals surface area contributed by atoms with E-state index in [9.17, 15) is 0 Å². The number of para-hydroxylation sites is 4. The molecule has 10 aromatic carbocycles. The van der Waals surface area contributed by atoms with E-state index in [0.717, 1.165) is 78.3 Å². The second-order valence-electron chi connectivity index (χ2n) is 15.7. The van der Waals surface area contributed by atoms with Crippen molar-refractivity contribution in [1.29, 1.82) is 0 Å². The van der Waals surface area contributed by atoms with Crippen molar-refractivity contribution in [3.8, 4) is 44.5 Å². The average Bonchev–Trinajstić information content (AvgIpc) is 3.76. The maximum atomic E-state index is 6.93. The minimum Gasteiger partial charge on any atom is -0.455 e. The van der Waals surface area contributed by atoms with Crippen LogP contribution in [0.1, 0.15) is 0 Å². The molecular weight excluding hydrogens is 765 g/mol. The maximum Gasteiger partial charge on any atom is 0.143 e. The smallest absolute Gasteiger partial charge is 0.143 e. The zero-order valence-electron chi connectivity index (χ0n) is 34.6. The molecule has 3 heteroatoms. The summed E-state index contributed by atoms with van der Waals surface area (Å²) in [6.45, 7) is 0. The Labute approximate surface area is 368 Å². The second kappa shape index (κ2) is 16.6. The first-order chi connectivity index (χ1) is 31.2. The fourth-order valence-electron chi connectivity index (χ4n) is 8.77. The molecule has 0 saturated carbocycles. The van der Waals surface area contributed by atoms with E-state index in [1.807, 2.05) is 0 Å². The normalized spacial score (nSPS) is 11.2. The number of anilines is 6. The Morgan fingerprint density at radius 3 is 0.810 bits per heavy atom. The Bertz CT molecular complexity index is 3050. The molecule has 11 aromatic rings. The van der Waals surface area contributed by atoms with Gasteiger partial charge in [-0.05, 0) is 106 Å². The lowest BCUT2D eigenvalue weighted by Gasteiger charge is -2.26. The van der Waals surface area contributed by atoms with Crippen molar-refractivity contribution >= 4 is 56.1 Å². The van der Waals surface area contributed by atoms with Gasteiger partial charge in [0.25, 0.3) is 0 Å². The first kappa shape index (κ1) is 37.6. The molecule has 0 aliphatic rings. The molecule has 0 aliphatic carbocycles. The summed E-state index contributed by atoms with van der Waals surface area (Å²) in [7, 11) is 0. The lowest BCUT2D eigenvalue weighted by Crippen LogP contribution is -2.09. The highest BCUT2D eigenvalue weighted by atomic mass is 16.3. The van der Waals surface area contributed by atoms with E-state index in [4.69, 9.17) is 4.42 Å². The SMILES string of the molecule is c1ccc(-c2ccc(N(c3ccccc3)c3ccc(-c4cccc5c4oc4c(-c6ccc(N(c7ccccc7)c7ccc(-c8ccccc8)cc7)cc6)cccc45)cc3)cc2)cc1. The van der Waals surface area contributed by atoms with E-state index in [-0.39, 0.29) is 0 Å². The number of fused-ring (bicyclic) bond motifs is 3. The molecule has 0 radical (unpaired) electrons. The minimum atomic E-state index is 0.884. The zero-order chi connectivity index (χ0) is 42.0. The molecule has 1 aromatic heterocycles. The van der Waals surface area contributed by atoms with Gasteiger partial charge in [-0.2, -0.15) is 0 Å². The molecule has 1 heterocycles. The summed E-state index contributed by atoms with van der Waals surface area (Å²) in [6.07, 6.45) is 0. The van der Waals surface area contributed by atoms with Crippen LogP contribution in [-0.2, 0) is 0 Å². The third kappa shape index (κ3) is 7.32. The molecule has 11 rings (SSSR count). The number of rotatable bonds is 10. The Hall–Kier alpha value is -8.40. The Kier molecular flexibility index (Phi) is 9.89. The third-order valence-corrected chi connectivity index (χ3v) is 11.9. The summed E-state index contributed by atoms with van der Waals surface area (Å²) in [5.41, 5.74) is 17.4. The van der Waals surface area contributed by atoms with Gasteiger partial charge in [-0.1, -0.05) is 182 Å². The van der Waals surface area contributed by atoms with Crippen LogP contribution in [0.4, 0.5) is 34.1 Å². The summed E-state index contributed by atoms with van der Waals surface area (Å²) in [5.74, 6) is 0. The zero-order valence-corrected chi connectivity index (χ0v) is 34.6. The first-order valence-corrected chi connectivity index (χ1v) is 21.4. The number of nitrogens with zero attached hydrogens (tertiary/aromatic N) is 2. The molecule has 0 N–H and O–H groups in total. The molecular formula is C60H42N2O. The summed E-state index contributed by atoms with van der Waals surface area (Å²) in [5, 5.41) is 2.20. The van der Waals surface area contributed by atoms with Gasteiger partial charge in [0.1, 0.15) is 11.2 Å². The van der Waals surface area contributed by atoms with Gasteiger partial charge in [0.05, 0.1) is 0 Å². The maximum absolute atomic E-state index is 6.93. The predicted molar refractivity (Wildman–Crippen MR) is 265 cm³/mol. The molecule has 0 amide bonds. The summed E-state index contributed by atoms with van der Waals surface area (Å²) < 4.78 is 6.93. The Morgan fingerprint density at radius 1 is 0.206 bits per heavy atom. The minimum absolute atomic E-state index is 0.884. The van der Waals surface area contributed by atoms with Crippen LogP contribution in [0.25, 0.3) is 66.4 Å². The van der Waals surface area contributed by atoms with Gasteiger partial charge in [-0.15, -0.1) is 0 Å². The standard InChI is InChI=1S/C60H42N2O/c1-5-15-43(16-6-1)45-27-35-51(36-28-45)61(49-19-9-3-10-20-49)53-39-31-47(32-40-53)55-23-13-25-57-58-26-14-24-56(60(58)63-59(55)57)48-33-41-54(42-34-48)62(50-21-11-4-12-22-50)52-37-29-46(30-38-52)44-17-7-2-8-18-44/h1-42H. The van der Waals surface area contributed by atoms with E-state index in [0.29, 0.717) is 0 Å². The fraction of sp³-hybridized carbons (Fsp3) is 0. The molecule has 0 bridgehead atoms. The van der Waals surface area contributed by atoms with E-state index >= 15 is 0 Å². The van der Waals surface area contributed by atoms with Crippen molar-refractivity contribution in [2.45, 2.75) is 0 Å². The first-order valence-electron chi connectivity index (χ1n) is 21.4. The van der Waals surface area contributed by atoms with Gasteiger partial charge in [-0.25, -0.2) is 0 Å². The molecule has 0 saturated heterocycles. The van der Waals surface area contributed by atoms with Crippen LogP contribution in [0.5, 0.6) is 0 Å². The van der Waals surface area contributed by atoms with Gasteiger partial charge in [0.15, 0.2) is 0 Å². The van der Waals surface area contributed by atoms with E-state index in [2.05, 4.69) is 265 Å². The van der Waals surface area contributed by atoms with Gasteiger partial charge in [0.2, 0.25) is 0 Å². The lowest BCUT2D eigenvalue weighted by molar-refractivity contribution is 0.671. The second-order valence-corrected chi connectivity index (χ2v) is 15.7. The van der Waals surface area contributed by atoms with Gasteiger partial charge < -0.3 is 14.2 Å². The Balaban J connectivity index is 0.919. The van der Waals surface area contributed by atoms with Crippen molar-refractivity contribution in [3.05, 3.63) is 255 Å². The largest absolute Gasteiger partial charge is 0.455 e. The van der Waals surface area contributed by atoms with Crippen LogP contribution in [0.3, 0.4) is 0 Å². The van der Waals surface area contributed by atoms with Crippen molar-refractivity contribution in [2.24, 2.45) is 0 Å². The molecule has 3 nitrogen and oxygen atoms in total. The molecule has 63 heavy (non-hydrogen) atoms. The fourth-order valence-corrected chi connectivity index (χ4v) is 8.77. The van der Waals surface area contributed by atoms with E-state index < -0.39 is 0 Å². The number of furan rings is 1. The number of benzene rings is 10. The molecule has 0 aliphatic heterocycles. The molecule has 0 unspecified atom stereocenters. The van der Waals surface area contributed by atoms with E-state index in [1.54, 1.807) is 0 Å². The molecule has 0 spiro atoms. The van der Waals surface area contributed by atoms with Crippen LogP contribution < -0.4 is 9.80 Å². The Morgan fingerprint density at radius 2 is 0.476 bits per heavy atom. The topological polar surface area (TPSA) is 19.6 Å². The van der Waals surface area contributed by atoms with Crippen LogP contribution in [0, 0.1) is 0 Å². The summed E-state index contributed by atoms with van der Waals surface area (Å²) >= 11 is 0. The number of hydrogen-bond donors (Lipinski definition) is 0. The highest BCUT2D eigenvalue weighted by Gasteiger charge is 2.19. The van der Waals surface area contributed by atoms with Crippen LogP contribution in [0.15, 0.2) is 259 Å². The van der Waals surface area contributed by atoms with Crippen LogP contribution in [-0.4, -0.2) is 0 Å². The van der Waals surface area contributed by atoms with Crippen molar-refractivity contribution < 1.29 is 4.42 Å². The average molecular weight is 807 g/mol. The quantitative estimate of drug-likeness (QED) is 0.137.